The Morgan fingerprint density at radius 2 is 2.38 bits per heavy atom. The average molecular weight is 368 g/mol. The van der Waals surface area contributed by atoms with Crippen molar-refractivity contribution in [1.29, 1.82) is 0 Å². The van der Waals surface area contributed by atoms with Gasteiger partial charge in [-0.2, -0.15) is 0 Å². The molecule has 2 aromatic heterocycles. The first-order chi connectivity index (χ1) is 11.5. The van der Waals surface area contributed by atoms with Crippen molar-refractivity contribution >= 4 is 28.8 Å². The fourth-order valence-corrected chi connectivity index (χ4v) is 3.83. The molecule has 0 aliphatic carbocycles. The van der Waals surface area contributed by atoms with Crippen molar-refractivity contribution < 1.29 is 9.90 Å². The number of aromatic nitrogens is 3. The summed E-state index contributed by atoms with van der Waals surface area (Å²) in [5.74, 6) is -0.377. The minimum absolute atomic E-state index is 0.158. The fraction of sp³-hybridized carbons (Fsp3) is 0.467. The van der Waals surface area contributed by atoms with E-state index in [0.29, 0.717) is 6.54 Å². The van der Waals surface area contributed by atoms with Gasteiger partial charge >= 0.3 is 0 Å². The summed E-state index contributed by atoms with van der Waals surface area (Å²) in [5, 5.41) is 14.1. The minimum Gasteiger partial charge on any atom is -0.390 e. The molecule has 0 spiro atoms. The number of carbonyl (C=O) groups is 1. The molecular formula is C15H18ClN5O2S. The number of aliphatic hydroxyl groups is 1. The number of nitrogens with one attached hydrogen (secondary N) is 1. The maximum absolute atomic E-state index is 12.0. The van der Waals surface area contributed by atoms with Crippen LogP contribution in [0.15, 0.2) is 12.4 Å². The van der Waals surface area contributed by atoms with Gasteiger partial charge in [-0.3, -0.25) is 9.69 Å². The SMILES string of the molecule is Cc1nc2c(s1)CN(C[C@@H](O)CNC(=O)c1cc(Cl)ncn1)CC2. The minimum atomic E-state index is -0.651. The van der Waals surface area contributed by atoms with Crippen molar-refractivity contribution in [2.24, 2.45) is 0 Å². The maximum Gasteiger partial charge on any atom is 0.270 e. The van der Waals surface area contributed by atoms with Crippen LogP contribution >= 0.6 is 22.9 Å². The van der Waals surface area contributed by atoms with E-state index in [1.165, 1.54) is 23.0 Å². The molecule has 2 aromatic rings. The number of halogens is 1. The summed E-state index contributed by atoms with van der Waals surface area (Å²) in [7, 11) is 0. The number of β-amino-alcohol motifs (C(OH)–C–C–N with tert-alkyl or cyclic N) is 1. The third-order valence-corrected chi connectivity index (χ3v) is 4.96. The van der Waals surface area contributed by atoms with Crippen molar-refractivity contribution in [3.8, 4) is 0 Å². The molecule has 7 nitrogen and oxygen atoms in total. The molecule has 3 rings (SSSR count). The van der Waals surface area contributed by atoms with Gasteiger partial charge in [0, 0.05) is 43.5 Å². The molecule has 0 saturated carbocycles. The molecule has 2 N–H and O–H groups in total. The van der Waals surface area contributed by atoms with E-state index in [4.69, 9.17) is 11.6 Å². The summed E-state index contributed by atoms with van der Waals surface area (Å²) in [5.41, 5.74) is 1.36. The van der Waals surface area contributed by atoms with E-state index >= 15 is 0 Å². The second-order valence-corrected chi connectivity index (χ2v) is 7.35. The van der Waals surface area contributed by atoms with Crippen molar-refractivity contribution in [3.05, 3.63) is 38.8 Å². The van der Waals surface area contributed by atoms with E-state index < -0.39 is 6.10 Å². The average Bonchev–Trinajstić information content (AvgIpc) is 2.92. The molecule has 128 valence electrons. The second kappa shape index (κ2) is 7.52. The predicted molar refractivity (Wildman–Crippen MR) is 91.2 cm³/mol. The van der Waals surface area contributed by atoms with Crippen LogP contribution in [0.2, 0.25) is 5.15 Å². The Kier molecular flexibility index (Phi) is 5.40. The van der Waals surface area contributed by atoms with E-state index in [1.54, 1.807) is 11.3 Å². The Labute approximate surface area is 148 Å². The quantitative estimate of drug-likeness (QED) is 0.767. The van der Waals surface area contributed by atoms with Crippen LogP contribution in [-0.2, 0) is 13.0 Å². The summed E-state index contributed by atoms with van der Waals surface area (Å²) in [6.07, 6.45) is 1.48. The molecule has 1 aliphatic rings. The number of hydrogen-bond donors (Lipinski definition) is 2. The molecule has 0 unspecified atom stereocenters. The molecule has 0 aromatic carbocycles. The summed E-state index contributed by atoms with van der Waals surface area (Å²) in [6.45, 7) is 4.33. The molecule has 3 heterocycles. The number of amides is 1. The van der Waals surface area contributed by atoms with Crippen molar-refractivity contribution in [3.63, 3.8) is 0 Å². The van der Waals surface area contributed by atoms with E-state index in [0.717, 1.165) is 24.5 Å². The van der Waals surface area contributed by atoms with Crippen LogP contribution in [-0.4, -0.2) is 56.6 Å². The molecule has 1 atom stereocenters. The number of thiazole rings is 1. The van der Waals surface area contributed by atoms with E-state index in [-0.39, 0.29) is 23.3 Å². The van der Waals surface area contributed by atoms with Crippen LogP contribution in [0.5, 0.6) is 0 Å². The number of fused-ring (bicyclic) bond motifs is 1. The topological polar surface area (TPSA) is 91.2 Å². The fourth-order valence-electron chi connectivity index (χ4n) is 2.65. The Morgan fingerprint density at radius 1 is 1.54 bits per heavy atom. The third kappa shape index (κ3) is 4.27. The molecular weight excluding hydrogens is 350 g/mol. The summed E-state index contributed by atoms with van der Waals surface area (Å²) < 4.78 is 0. The lowest BCUT2D eigenvalue weighted by Crippen LogP contribution is -2.42. The first-order valence-electron chi connectivity index (χ1n) is 7.62. The molecule has 0 bridgehead atoms. The van der Waals surface area contributed by atoms with Crippen molar-refractivity contribution in [2.45, 2.75) is 26.0 Å². The largest absolute Gasteiger partial charge is 0.390 e. The second-order valence-electron chi connectivity index (χ2n) is 5.68. The number of nitrogens with zero attached hydrogens (tertiary/aromatic N) is 4. The van der Waals surface area contributed by atoms with Gasteiger partial charge in [-0.05, 0) is 6.92 Å². The summed E-state index contributed by atoms with van der Waals surface area (Å²) >= 11 is 7.44. The van der Waals surface area contributed by atoms with Crippen molar-refractivity contribution in [1.82, 2.24) is 25.2 Å². The maximum atomic E-state index is 12.0. The van der Waals surface area contributed by atoms with Gasteiger partial charge in [-0.15, -0.1) is 11.3 Å². The molecule has 0 fully saturated rings. The lowest BCUT2D eigenvalue weighted by atomic mass is 10.1. The first kappa shape index (κ1) is 17.2. The van der Waals surface area contributed by atoms with Gasteiger partial charge in [0.2, 0.25) is 0 Å². The van der Waals surface area contributed by atoms with Crippen LogP contribution in [0.25, 0.3) is 0 Å². The zero-order valence-electron chi connectivity index (χ0n) is 13.2. The highest BCUT2D eigenvalue weighted by Gasteiger charge is 2.22. The van der Waals surface area contributed by atoms with Gasteiger partial charge in [0.1, 0.15) is 17.2 Å². The van der Waals surface area contributed by atoms with Gasteiger partial charge in [0.15, 0.2) is 0 Å². The summed E-state index contributed by atoms with van der Waals surface area (Å²) in [4.78, 5) is 27.5. The lowest BCUT2D eigenvalue weighted by Gasteiger charge is -2.28. The monoisotopic (exact) mass is 367 g/mol. The standard InChI is InChI=1S/C15H18ClN5O2S/c1-9-20-11-2-3-21(7-13(11)24-9)6-10(22)5-17-15(23)12-4-14(16)19-8-18-12/h4,8,10,22H,2-3,5-7H2,1H3,(H,17,23)/t10-/m0/s1. The number of hydrogen-bond acceptors (Lipinski definition) is 7. The smallest absolute Gasteiger partial charge is 0.270 e. The molecule has 24 heavy (non-hydrogen) atoms. The van der Waals surface area contributed by atoms with Crippen LogP contribution < -0.4 is 5.32 Å². The lowest BCUT2D eigenvalue weighted by molar-refractivity contribution is 0.0839. The van der Waals surface area contributed by atoms with Gasteiger partial charge in [0.25, 0.3) is 5.91 Å². The van der Waals surface area contributed by atoms with Crippen molar-refractivity contribution in [2.75, 3.05) is 19.6 Å². The van der Waals surface area contributed by atoms with Gasteiger partial charge in [0.05, 0.1) is 16.8 Å². The van der Waals surface area contributed by atoms with E-state index in [2.05, 4.69) is 25.2 Å². The van der Waals surface area contributed by atoms with Crippen LogP contribution in [0.1, 0.15) is 26.1 Å². The number of aliphatic hydroxyl groups excluding tert-OH is 1. The Balaban J connectivity index is 1.48. The van der Waals surface area contributed by atoms with Gasteiger partial charge in [-0.1, -0.05) is 11.6 Å². The van der Waals surface area contributed by atoms with Crippen LogP contribution in [0, 0.1) is 6.92 Å². The Hall–Kier alpha value is -1.61. The highest BCUT2D eigenvalue weighted by molar-refractivity contribution is 7.11. The van der Waals surface area contributed by atoms with E-state index in [1.807, 2.05) is 6.92 Å². The summed E-state index contributed by atoms with van der Waals surface area (Å²) in [6, 6.07) is 1.39. The Bertz CT molecular complexity index is 738. The highest BCUT2D eigenvalue weighted by atomic mass is 35.5. The first-order valence-corrected chi connectivity index (χ1v) is 8.82. The predicted octanol–water partition coefficient (Wildman–Crippen LogP) is 1.04. The Morgan fingerprint density at radius 3 is 3.17 bits per heavy atom. The van der Waals surface area contributed by atoms with Crippen LogP contribution in [0.4, 0.5) is 0 Å². The molecule has 0 radical (unpaired) electrons. The number of aryl methyl sites for hydroxylation is 1. The molecule has 1 amide bonds. The normalized spacial score (nSPS) is 15.8. The molecule has 9 heteroatoms. The zero-order valence-corrected chi connectivity index (χ0v) is 14.8. The molecule has 1 aliphatic heterocycles. The third-order valence-electron chi connectivity index (χ3n) is 3.75. The van der Waals surface area contributed by atoms with Crippen LogP contribution in [0.3, 0.4) is 0 Å². The zero-order chi connectivity index (χ0) is 17.1. The highest BCUT2D eigenvalue weighted by Crippen LogP contribution is 2.24. The number of carbonyl (C=O) groups excluding carboxylic acids is 1. The van der Waals surface area contributed by atoms with Gasteiger partial charge in [-0.25, -0.2) is 15.0 Å². The number of rotatable bonds is 5. The van der Waals surface area contributed by atoms with E-state index in [9.17, 15) is 9.90 Å². The van der Waals surface area contributed by atoms with Gasteiger partial charge < -0.3 is 10.4 Å². The molecule has 0 saturated heterocycles.